The summed E-state index contributed by atoms with van der Waals surface area (Å²) in [7, 11) is 0. The summed E-state index contributed by atoms with van der Waals surface area (Å²) < 4.78 is 13.0. The largest absolute Gasteiger partial charge is 0.486 e. The molecule has 0 radical (unpaired) electrons. The van der Waals surface area contributed by atoms with Crippen LogP contribution in [0.15, 0.2) is 53.5 Å². The van der Waals surface area contributed by atoms with Gasteiger partial charge in [0, 0.05) is 11.6 Å². The van der Waals surface area contributed by atoms with Crippen LogP contribution in [0, 0.1) is 6.92 Å². The number of rotatable bonds is 7. The van der Waals surface area contributed by atoms with Crippen molar-refractivity contribution < 1.29 is 13.9 Å². The third-order valence-corrected chi connectivity index (χ3v) is 3.60. The summed E-state index contributed by atoms with van der Waals surface area (Å²) in [6, 6.07) is 11.2. The van der Waals surface area contributed by atoms with E-state index in [9.17, 15) is 4.79 Å². The Bertz CT molecular complexity index is 812. The van der Waals surface area contributed by atoms with Gasteiger partial charge in [-0.3, -0.25) is 9.48 Å². The highest BCUT2D eigenvalue weighted by atomic mass is 16.5. The Morgan fingerprint density at radius 2 is 2.16 bits per heavy atom. The van der Waals surface area contributed by atoms with Crippen LogP contribution in [-0.2, 0) is 13.2 Å². The van der Waals surface area contributed by atoms with Crippen LogP contribution in [0.3, 0.4) is 0 Å². The van der Waals surface area contributed by atoms with E-state index < -0.39 is 0 Å². The van der Waals surface area contributed by atoms with Crippen LogP contribution < -0.4 is 10.1 Å². The predicted molar refractivity (Wildman–Crippen MR) is 91.2 cm³/mol. The summed E-state index contributed by atoms with van der Waals surface area (Å²) in [6.07, 6.45) is 3.07. The number of hydrogen-bond donors (Lipinski definition) is 1. The summed E-state index contributed by atoms with van der Waals surface area (Å²) in [5.74, 6) is 1.41. The number of nitrogens with zero attached hydrogens (tertiary/aromatic N) is 3. The number of benzene rings is 1. The first kappa shape index (κ1) is 16.8. The van der Waals surface area contributed by atoms with Gasteiger partial charge in [0.2, 0.25) is 0 Å². The lowest BCUT2D eigenvalue weighted by molar-refractivity contribution is 0.0903. The van der Waals surface area contributed by atoms with Gasteiger partial charge in [0.1, 0.15) is 30.8 Å². The van der Waals surface area contributed by atoms with Crippen molar-refractivity contribution in [2.75, 3.05) is 0 Å². The lowest BCUT2D eigenvalue weighted by Crippen LogP contribution is -2.35. The molecule has 2 heterocycles. The molecule has 0 aliphatic heterocycles. The number of carbonyl (C=O) groups excluding carboxylic acids is 1. The number of amides is 1. The molecule has 7 nitrogen and oxygen atoms in total. The Morgan fingerprint density at radius 3 is 2.88 bits per heavy atom. The third kappa shape index (κ3) is 4.47. The van der Waals surface area contributed by atoms with Crippen LogP contribution in [0.25, 0.3) is 0 Å². The number of aryl methyl sites for hydroxylation is 1. The summed E-state index contributed by atoms with van der Waals surface area (Å²) in [4.78, 5) is 16.3. The summed E-state index contributed by atoms with van der Waals surface area (Å²) in [5.41, 5.74) is 0.775. The van der Waals surface area contributed by atoms with E-state index >= 15 is 0 Å². The topological polar surface area (TPSA) is 82.2 Å². The number of carbonyl (C=O) groups is 1. The molecule has 0 aliphatic carbocycles. The van der Waals surface area contributed by atoms with Gasteiger partial charge < -0.3 is 14.5 Å². The minimum atomic E-state index is -0.254. The van der Waals surface area contributed by atoms with E-state index in [-0.39, 0.29) is 18.6 Å². The smallest absolute Gasteiger partial charge is 0.287 e. The zero-order chi connectivity index (χ0) is 17.6. The van der Waals surface area contributed by atoms with Crippen molar-refractivity contribution in [2.45, 2.75) is 33.0 Å². The molecule has 0 saturated carbocycles. The van der Waals surface area contributed by atoms with E-state index in [0.717, 1.165) is 11.3 Å². The monoisotopic (exact) mass is 340 g/mol. The molecule has 25 heavy (non-hydrogen) atoms. The first-order valence-corrected chi connectivity index (χ1v) is 8.02. The number of para-hydroxylation sites is 1. The molecule has 1 aromatic carbocycles. The van der Waals surface area contributed by atoms with Crippen LogP contribution in [-0.4, -0.2) is 26.7 Å². The molecule has 1 amide bonds. The molecule has 2 aromatic heterocycles. The number of ether oxygens (including phenoxy) is 1. The van der Waals surface area contributed by atoms with Crippen molar-refractivity contribution in [1.82, 2.24) is 20.1 Å². The van der Waals surface area contributed by atoms with Crippen LogP contribution in [0.5, 0.6) is 5.75 Å². The van der Waals surface area contributed by atoms with Crippen molar-refractivity contribution in [3.05, 3.63) is 66.1 Å². The van der Waals surface area contributed by atoms with Crippen molar-refractivity contribution in [3.63, 3.8) is 0 Å². The number of furan rings is 1. The standard InChI is InChI=1S/C18H20N4O3/c1-13-8-16(10-24-15-6-4-3-5-7-15)25-17(13)18(23)21-14(2)9-22-12-19-11-20-22/h3-8,11-12,14H,9-10H2,1-2H3,(H,21,23). The highest BCUT2D eigenvalue weighted by Gasteiger charge is 2.18. The van der Waals surface area contributed by atoms with Gasteiger partial charge in [-0.1, -0.05) is 18.2 Å². The number of aromatic nitrogens is 3. The molecule has 1 atom stereocenters. The summed E-state index contributed by atoms with van der Waals surface area (Å²) in [5, 5.41) is 6.93. The van der Waals surface area contributed by atoms with Crippen molar-refractivity contribution >= 4 is 5.91 Å². The molecule has 7 heteroatoms. The van der Waals surface area contributed by atoms with Gasteiger partial charge in [0.25, 0.3) is 5.91 Å². The number of hydrogen-bond acceptors (Lipinski definition) is 5. The van der Waals surface area contributed by atoms with E-state index in [0.29, 0.717) is 18.1 Å². The molecule has 1 unspecified atom stereocenters. The molecule has 1 N–H and O–H groups in total. The van der Waals surface area contributed by atoms with Gasteiger partial charge in [-0.05, 0) is 32.0 Å². The fourth-order valence-electron chi connectivity index (χ4n) is 2.46. The Kier molecular flexibility index (Phi) is 5.13. The SMILES string of the molecule is Cc1cc(COc2ccccc2)oc1C(=O)NC(C)Cn1cncn1. The fourth-order valence-corrected chi connectivity index (χ4v) is 2.46. The lowest BCUT2D eigenvalue weighted by Gasteiger charge is -2.12. The van der Waals surface area contributed by atoms with Crippen LogP contribution in [0.2, 0.25) is 0 Å². The zero-order valence-electron chi connectivity index (χ0n) is 14.2. The minimum Gasteiger partial charge on any atom is -0.486 e. The second-order valence-corrected chi connectivity index (χ2v) is 5.82. The van der Waals surface area contributed by atoms with E-state index in [1.54, 1.807) is 11.0 Å². The lowest BCUT2D eigenvalue weighted by atomic mass is 10.2. The first-order valence-electron chi connectivity index (χ1n) is 8.02. The molecule has 0 bridgehead atoms. The molecule has 3 aromatic rings. The molecule has 0 aliphatic rings. The summed E-state index contributed by atoms with van der Waals surface area (Å²) in [6.45, 7) is 4.55. The highest BCUT2D eigenvalue weighted by Crippen LogP contribution is 2.17. The molecule has 3 rings (SSSR count). The van der Waals surface area contributed by atoms with Gasteiger partial charge >= 0.3 is 0 Å². The van der Waals surface area contributed by atoms with E-state index in [1.165, 1.54) is 6.33 Å². The maximum Gasteiger partial charge on any atom is 0.287 e. The third-order valence-electron chi connectivity index (χ3n) is 3.60. The highest BCUT2D eigenvalue weighted by molar-refractivity contribution is 5.93. The van der Waals surface area contributed by atoms with Crippen LogP contribution in [0.4, 0.5) is 0 Å². The normalized spacial score (nSPS) is 11.9. The summed E-state index contributed by atoms with van der Waals surface area (Å²) >= 11 is 0. The molecular formula is C18H20N4O3. The second kappa shape index (κ2) is 7.65. The van der Waals surface area contributed by atoms with Gasteiger partial charge in [-0.2, -0.15) is 5.10 Å². The molecule has 130 valence electrons. The Balaban J connectivity index is 1.58. The fraction of sp³-hybridized carbons (Fsp3) is 0.278. The first-order chi connectivity index (χ1) is 12.1. The average Bonchev–Trinajstić information content (AvgIpc) is 3.23. The quantitative estimate of drug-likeness (QED) is 0.715. The Labute approximate surface area is 145 Å². The average molecular weight is 340 g/mol. The predicted octanol–water partition coefficient (Wildman–Crippen LogP) is 2.58. The van der Waals surface area contributed by atoms with E-state index in [1.807, 2.05) is 50.2 Å². The zero-order valence-corrected chi connectivity index (χ0v) is 14.2. The van der Waals surface area contributed by atoms with E-state index in [2.05, 4.69) is 15.4 Å². The van der Waals surface area contributed by atoms with Crippen molar-refractivity contribution in [1.29, 1.82) is 0 Å². The van der Waals surface area contributed by atoms with Gasteiger partial charge in [0.15, 0.2) is 5.76 Å². The molecular weight excluding hydrogens is 320 g/mol. The van der Waals surface area contributed by atoms with Gasteiger partial charge in [-0.15, -0.1) is 0 Å². The molecule has 0 fully saturated rings. The van der Waals surface area contributed by atoms with Gasteiger partial charge in [-0.25, -0.2) is 4.98 Å². The maximum absolute atomic E-state index is 12.4. The molecule has 0 saturated heterocycles. The maximum atomic E-state index is 12.4. The number of nitrogens with one attached hydrogen (secondary N) is 1. The Hall–Kier alpha value is -3.09. The van der Waals surface area contributed by atoms with Gasteiger partial charge in [0.05, 0.1) is 6.54 Å². The minimum absolute atomic E-state index is 0.109. The Morgan fingerprint density at radius 1 is 1.36 bits per heavy atom. The van der Waals surface area contributed by atoms with Crippen molar-refractivity contribution in [3.8, 4) is 5.75 Å². The van der Waals surface area contributed by atoms with Crippen molar-refractivity contribution in [2.24, 2.45) is 0 Å². The van der Waals surface area contributed by atoms with Crippen LogP contribution in [0.1, 0.15) is 28.8 Å². The van der Waals surface area contributed by atoms with E-state index in [4.69, 9.17) is 9.15 Å². The van der Waals surface area contributed by atoms with Crippen LogP contribution >= 0.6 is 0 Å². The second-order valence-electron chi connectivity index (χ2n) is 5.82. The molecule has 0 spiro atoms.